The van der Waals surface area contributed by atoms with E-state index in [4.69, 9.17) is 19.7 Å². The maximum absolute atomic E-state index is 12.6. The summed E-state index contributed by atoms with van der Waals surface area (Å²) in [6.45, 7) is -0.442. The van der Waals surface area contributed by atoms with E-state index in [0.29, 0.717) is 0 Å². The fourth-order valence-electron chi connectivity index (χ4n) is 3.31. The standard InChI is InChI=1S/C26H32N2O10/c29-21(30)11-13-37-19(15-17-7-3-1-4-8-17)27-25(35)23(33)24(34)26(36)28-20(38-14-12-22(31)32)16-18-9-5-2-6-10-18/h1-10,19-20,23-24,33-34H,11-16H2,(H,27,35)(H,28,36)(H,29,30)(H,31,32)/t19?,20?,23-,24-/m0/s1. The number of carboxylic acids is 2. The van der Waals surface area contributed by atoms with Crippen LogP contribution in [0.1, 0.15) is 24.0 Å². The summed E-state index contributed by atoms with van der Waals surface area (Å²) in [5.41, 5.74) is 1.51. The lowest BCUT2D eigenvalue weighted by molar-refractivity contribution is -0.151. The van der Waals surface area contributed by atoms with Crippen LogP contribution >= 0.6 is 0 Å². The third-order valence-corrected chi connectivity index (χ3v) is 5.24. The molecule has 2 aromatic rings. The van der Waals surface area contributed by atoms with Crippen LogP contribution in [0.25, 0.3) is 0 Å². The number of aliphatic carboxylic acids is 2. The number of hydrogen-bond acceptors (Lipinski definition) is 8. The van der Waals surface area contributed by atoms with Crippen LogP contribution in [0, 0.1) is 0 Å². The molecule has 4 atom stereocenters. The van der Waals surface area contributed by atoms with Crippen LogP contribution in [-0.2, 0) is 41.5 Å². The fourth-order valence-corrected chi connectivity index (χ4v) is 3.31. The topological polar surface area (TPSA) is 192 Å². The number of benzene rings is 2. The third-order valence-electron chi connectivity index (χ3n) is 5.24. The van der Waals surface area contributed by atoms with E-state index in [1.54, 1.807) is 60.7 Å². The predicted octanol–water partition coefficient (Wildman–Crippen LogP) is 0.0608. The maximum atomic E-state index is 12.6. The van der Waals surface area contributed by atoms with Gasteiger partial charge in [0.15, 0.2) is 12.2 Å². The third kappa shape index (κ3) is 11.5. The molecule has 0 bridgehead atoms. The van der Waals surface area contributed by atoms with Gasteiger partial charge in [-0.15, -0.1) is 0 Å². The highest BCUT2D eigenvalue weighted by molar-refractivity contribution is 5.90. The van der Waals surface area contributed by atoms with Crippen LogP contribution < -0.4 is 10.6 Å². The van der Waals surface area contributed by atoms with Gasteiger partial charge >= 0.3 is 11.9 Å². The molecule has 0 aliphatic heterocycles. The number of rotatable bonds is 17. The van der Waals surface area contributed by atoms with E-state index in [9.17, 15) is 29.4 Å². The monoisotopic (exact) mass is 532 g/mol. The molecular weight excluding hydrogens is 500 g/mol. The van der Waals surface area contributed by atoms with Crippen LogP contribution in [0.5, 0.6) is 0 Å². The largest absolute Gasteiger partial charge is 0.481 e. The molecule has 38 heavy (non-hydrogen) atoms. The molecule has 0 aliphatic rings. The number of carbonyl (C=O) groups excluding carboxylic acids is 2. The molecule has 0 fully saturated rings. The van der Waals surface area contributed by atoms with E-state index < -0.39 is 48.4 Å². The van der Waals surface area contributed by atoms with Gasteiger partial charge in [-0.05, 0) is 11.1 Å². The molecular formula is C26H32N2O10. The molecule has 0 saturated carbocycles. The van der Waals surface area contributed by atoms with E-state index in [2.05, 4.69) is 10.6 Å². The highest BCUT2D eigenvalue weighted by Crippen LogP contribution is 2.08. The van der Waals surface area contributed by atoms with Gasteiger partial charge in [-0.2, -0.15) is 0 Å². The second-order valence-corrected chi connectivity index (χ2v) is 8.29. The van der Waals surface area contributed by atoms with Crippen LogP contribution in [-0.4, -0.2) is 82.1 Å². The lowest BCUT2D eigenvalue weighted by atomic mass is 10.1. The molecule has 0 heterocycles. The molecule has 2 amide bonds. The van der Waals surface area contributed by atoms with Gasteiger partial charge in [0, 0.05) is 12.8 Å². The average molecular weight is 533 g/mol. The minimum atomic E-state index is -2.19. The van der Waals surface area contributed by atoms with E-state index >= 15 is 0 Å². The summed E-state index contributed by atoms with van der Waals surface area (Å²) >= 11 is 0. The first-order chi connectivity index (χ1) is 18.2. The Bertz CT molecular complexity index is 951. The van der Waals surface area contributed by atoms with Crippen molar-refractivity contribution < 1.29 is 49.1 Å². The Balaban J connectivity index is 2.01. The molecule has 2 unspecified atom stereocenters. The van der Waals surface area contributed by atoms with Crippen molar-refractivity contribution in [2.24, 2.45) is 0 Å². The van der Waals surface area contributed by atoms with Crippen LogP contribution in [0.15, 0.2) is 60.7 Å². The lowest BCUT2D eigenvalue weighted by Gasteiger charge is -2.25. The van der Waals surface area contributed by atoms with Gasteiger partial charge in [0.05, 0.1) is 26.1 Å². The number of carboxylic acid groups (broad SMARTS) is 2. The Morgan fingerprint density at radius 2 is 0.974 bits per heavy atom. The quantitative estimate of drug-likeness (QED) is 0.152. The SMILES string of the molecule is O=C(O)CCOC(Cc1ccccc1)NC(=O)[C@@H](O)[C@H](O)C(=O)NC(Cc1ccccc1)OCCC(=O)O. The summed E-state index contributed by atoms with van der Waals surface area (Å²) in [4.78, 5) is 46.9. The van der Waals surface area contributed by atoms with Gasteiger partial charge in [0.2, 0.25) is 0 Å². The number of hydrogen-bond donors (Lipinski definition) is 6. The Kier molecular flexibility index (Phi) is 12.9. The molecule has 12 heteroatoms. The van der Waals surface area contributed by atoms with Gasteiger partial charge in [0.1, 0.15) is 12.5 Å². The Morgan fingerprint density at radius 1 is 0.632 bits per heavy atom. The van der Waals surface area contributed by atoms with Crippen molar-refractivity contribution in [3.8, 4) is 0 Å². The number of amides is 2. The molecule has 0 radical (unpaired) electrons. The van der Waals surface area contributed by atoms with Gasteiger partial charge < -0.3 is 40.5 Å². The first kappa shape index (κ1) is 30.4. The molecule has 2 rings (SSSR count). The lowest BCUT2D eigenvalue weighted by Crippen LogP contribution is -2.54. The number of carbonyl (C=O) groups is 4. The van der Waals surface area contributed by atoms with Crippen molar-refractivity contribution in [1.29, 1.82) is 0 Å². The fraction of sp³-hybridized carbons (Fsp3) is 0.385. The zero-order valence-corrected chi connectivity index (χ0v) is 20.6. The van der Waals surface area contributed by atoms with Crippen molar-refractivity contribution in [2.75, 3.05) is 13.2 Å². The highest BCUT2D eigenvalue weighted by Gasteiger charge is 2.33. The van der Waals surface area contributed by atoms with E-state index in [1.807, 2.05) is 0 Å². The highest BCUT2D eigenvalue weighted by atomic mass is 16.5. The predicted molar refractivity (Wildman–Crippen MR) is 133 cm³/mol. The van der Waals surface area contributed by atoms with E-state index in [0.717, 1.165) is 11.1 Å². The van der Waals surface area contributed by atoms with Crippen molar-refractivity contribution in [2.45, 2.75) is 50.3 Å². The maximum Gasteiger partial charge on any atom is 0.305 e. The second-order valence-electron chi connectivity index (χ2n) is 8.29. The second kappa shape index (κ2) is 16.1. The van der Waals surface area contributed by atoms with Gasteiger partial charge in [-0.3, -0.25) is 19.2 Å². The number of aliphatic hydroxyl groups excluding tert-OH is 2. The smallest absolute Gasteiger partial charge is 0.305 e. The van der Waals surface area contributed by atoms with Crippen molar-refractivity contribution in [3.05, 3.63) is 71.8 Å². The summed E-state index contributed by atoms with van der Waals surface area (Å²) in [6, 6.07) is 17.7. The molecule has 12 nitrogen and oxygen atoms in total. The van der Waals surface area contributed by atoms with Gasteiger partial charge in [-0.25, -0.2) is 0 Å². The van der Waals surface area contributed by atoms with Crippen LogP contribution in [0.4, 0.5) is 0 Å². The Labute approximate surface area is 219 Å². The molecule has 6 N–H and O–H groups in total. The first-order valence-electron chi connectivity index (χ1n) is 11.9. The number of aliphatic hydroxyl groups is 2. The van der Waals surface area contributed by atoms with Crippen molar-refractivity contribution in [3.63, 3.8) is 0 Å². The van der Waals surface area contributed by atoms with Gasteiger partial charge in [0.25, 0.3) is 11.8 Å². The van der Waals surface area contributed by atoms with Crippen LogP contribution in [0.3, 0.4) is 0 Å². The molecule has 0 saturated heterocycles. The Hall–Kier alpha value is -3.84. The molecule has 206 valence electrons. The molecule has 2 aromatic carbocycles. The molecule has 0 aliphatic carbocycles. The molecule has 0 aromatic heterocycles. The minimum absolute atomic E-state index is 0.137. The summed E-state index contributed by atoms with van der Waals surface area (Å²) in [6.07, 6.45) is -6.83. The summed E-state index contributed by atoms with van der Waals surface area (Å²) in [5.74, 6) is -4.43. The van der Waals surface area contributed by atoms with E-state index in [1.165, 1.54) is 0 Å². The number of ether oxygens (including phenoxy) is 2. The van der Waals surface area contributed by atoms with Crippen LogP contribution in [0.2, 0.25) is 0 Å². The normalized spacial score (nSPS) is 14.1. The summed E-state index contributed by atoms with van der Waals surface area (Å²) in [7, 11) is 0. The summed E-state index contributed by atoms with van der Waals surface area (Å²) in [5, 5.41) is 43.1. The van der Waals surface area contributed by atoms with Gasteiger partial charge in [-0.1, -0.05) is 60.7 Å². The summed E-state index contributed by atoms with van der Waals surface area (Å²) < 4.78 is 10.9. The zero-order valence-electron chi connectivity index (χ0n) is 20.6. The Morgan fingerprint density at radius 3 is 1.29 bits per heavy atom. The average Bonchev–Trinajstić information content (AvgIpc) is 2.88. The molecule has 0 spiro atoms. The first-order valence-corrected chi connectivity index (χ1v) is 11.9. The van der Waals surface area contributed by atoms with Crippen molar-refractivity contribution in [1.82, 2.24) is 10.6 Å². The zero-order chi connectivity index (χ0) is 27.9. The minimum Gasteiger partial charge on any atom is -0.481 e. The van der Waals surface area contributed by atoms with Crippen molar-refractivity contribution >= 4 is 23.8 Å². The number of nitrogens with one attached hydrogen (secondary N) is 2. The van der Waals surface area contributed by atoms with E-state index in [-0.39, 0.29) is 38.9 Å².